The second kappa shape index (κ2) is 6.62. The molecule has 2 rings (SSSR count). The summed E-state index contributed by atoms with van der Waals surface area (Å²) in [6.45, 7) is 1.89. The van der Waals surface area contributed by atoms with Gasteiger partial charge in [0.25, 0.3) is 5.91 Å². The fraction of sp³-hybridized carbons (Fsp3) is 0.571. The Bertz CT molecular complexity index is 522. The van der Waals surface area contributed by atoms with Crippen molar-refractivity contribution in [3.05, 3.63) is 18.0 Å². The van der Waals surface area contributed by atoms with Gasteiger partial charge in [-0.3, -0.25) is 4.79 Å². The van der Waals surface area contributed by atoms with Gasteiger partial charge < -0.3 is 25.1 Å². The van der Waals surface area contributed by atoms with Crippen LogP contribution in [0.5, 0.6) is 0 Å². The molecule has 7 heteroatoms. The average molecular weight is 295 g/mol. The maximum absolute atomic E-state index is 12.0. The first-order valence-corrected chi connectivity index (χ1v) is 6.94. The fourth-order valence-electron chi connectivity index (χ4n) is 2.13. The highest BCUT2D eigenvalue weighted by atomic mass is 16.5. The number of hydrogen-bond donors (Lipinski definition) is 2. The highest BCUT2D eigenvalue weighted by molar-refractivity contribution is 5.91. The highest BCUT2D eigenvalue weighted by Crippen LogP contribution is 2.37. The molecular formula is C14H21N3O4. The largest absolute Gasteiger partial charge is 0.451 e. The number of nitrogen functional groups attached to an aromatic ring is 1. The summed E-state index contributed by atoms with van der Waals surface area (Å²) in [6, 6.07) is 1.76. The topological polar surface area (TPSA) is 95.6 Å². The minimum Gasteiger partial charge on any atom is -0.451 e. The van der Waals surface area contributed by atoms with Crippen LogP contribution in [0.1, 0.15) is 36.3 Å². The van der Waals surface area contributed by atoms with Gasteiger partial charge in [-0.2, -0.15) is 0 Å². The first-order valence-electron chi connectivity index (χ1n) is 6.94. The van der Waals surface area contributed by atoms with Crippen molar-refractivity contribution in [1.82, 2.24) is 9.88 Å². The molecule has 1 atom stereocenters. The van der Waals surface area contributed by atoms with Crippen LogP contribution < -0.4 is 11.1 Å². The number of nitrogens with zero attached hydrogens (tertiary/aromatic N) is 1. The van der Waals surface area contributed by atoms with Gasteiger partial charge in [-0.1, -0.05) is 0 Å². The number of nitrogens with one attached hydrogen (secondary N) is 1. The molecule has 1 aromatic heterocycles. The lowest BCUT2D eigenvalue weighted by atomic mass is 10.3. The van der Waals surface area contributed by atoms with Crippen LogP contribution in [0.25, 0.3) is 0 Å². The van der Waals surface area contributed by atoms with Crippen molar-refractivity contribution in [2.75, 3.05) is 26.1 Å². The minimum atomic E-state index is -0.534. The van der Waals surface area contributed by atoms with E-state index in [1.54, 1.807) is 19.4 Å². The van der Waals surface area contributed by atoms with Gasteiger partial charge >= 0.3 is 5.97 Å². The van der Waals surface area contributed by atoms with Crippen molar-refractivity contribution in [3.8, 4) is 0 Å². The number of carbonyl (C=O) groups is 2. The number of methoxy groups -OCH3 is 1. The Morgan fingerprint density at radius 3 is 2.86 bits per heavy atom. The Labute approximate surface area is 123 Å². The van der Waals surface area contributed by atoms with E-state index >= 15 is 0 Å². The van der Waals surface area contributed by atoms with Gasteiger partial charge in [-0.05, 0) is 25.8 Å². The smallest absolute Gasteiger partial charge is 0.355 e. The van der Waals surface area contributed by atoms with Crippen LogP contribution in [0, 0.1) is 0 Å². The second-order valence-corrected chi connectivity index (χ2v) is 5.30. The van der Waals surface area contributed by atoms with Gasteiger partial charge in [0.15, 0.2) is 6.61 Å². The van der Waals surface area contributed by atoms with Gasteiger partial charge in [0.05, 0.1) is 12.3 Å². The van der Waals surface area contributed by atoms with E-state index < -0.39 is 5.97 Å². The van der Waals surface area contributed by atoms with E-state index in [1.807, 2.05) is 11.5 Å². The van der Waals surface area contributed by atoms with Crippen LogP contribution in [0.15, 0.2) is 12.3 Å². The summed E-state index contributed by atoms with van der Waals surface area (Å²) in [5.74, 6) is -0.890. The molecule has 21 heavy (non-hydrogen) atoms. The van der Waals surface area contributed by atoms with Crippen molar-refractivity contribution in [2.45, 2.75) is 31.8 Å². The van der Waals surface area contributed by atoms with E-state index in [4.69, 9.17) is 15.2 Å². The molecule has 116 valence electrons. The Hall–Kier alpha value is -2.02. The second-order valence-electron chi connectivity index (χ2n) is 5.30. The lowest BCUT2D eigenvalue weighted by Crippen LogP contribution is -2.38. The predicted octanol–water partition coefficient (Wildman–Crippen LogP) is 0.713. The molecule has 1 amide bonds. The van der Waals surface area contributed by atoms with Crippen LogP contribution >= 0.6 is 0 Å². The summed E-state index contributed by atoms with van der Waals surface area (Å²) >= 11 is 0. The summed E-state index contributed by atoms with van der Waals surface area (Å²) in [7, 11) is 1.55. The molecular weight excluding hydrogens is 274 g/mol. The molecule has 0 spiro atoms. The van der Waals surface area contributed by atoms with Crippen molar-refractivity contribution >= 4 is 17.6 Å². The zero-order chi connectivity index (χ0) is 15.4. The number of esters is 1. The molecule has 1 saturated carbocycles. The van der Waals surface area contributed by atoms with Gasteiger partial charge in [0.1, 0.15) is 5.69 Å². The molecule has 1 unspecified atom stereocenters. The van der Waals surface area contributed by atoms with Crippen LogP contribution in [-0.2, 0) is 14.3 Å². The average Bonchev–Trinajstić information content (AvgIpc) is 3.19. The van der Waals surface area contributed by atoms with E-state index in [0.717, 1.165) is 12.8 Å². The molecule has 0 saturated heterocycles. The zero-order valence-electron chi connectivity index (χ0n) is 12.3. The molecule has 0 aliphatic heterocycles. The molecule has 0 radical (unpaired) electrons. The SMILES string of the molecule is COCC(C)NC(=O)COC(=O)c1cc(N)cn1C1CC1. The van der Waals surface area contributed by atoms with Gasteiger partial charge in [0, 0.05) is 25.4 Å². The third-order valence-electron chi connectivity index (χ3n) is 3.18. The number of carbonyl (C=O) groups excluding carboxylic acids is 2. The maximum Gasteiger partial charge on any atom is 0.355 e. The van der Waals surface area contributed by atoms with E-state index in [9.17, 15) is 9.59 Å². The molecule has 1 aromatic rings. The van der Waals surface area contributed by atoms with Gasteiger partial charge in [-0.15, -0.1) is 0 Å². The Morgan fingerprint density at radius 1 is 1.52 bits per heavy atom. The van der Waals surface area contributed by atoms with Crippen molar-refractivity contribution in [1.29, 1.82) is 0 Å². The number of rotatable bonds is 7. The molecule has 7 nitrogen and oxygen atoms in total. The van der Waals surface area contributed by atoms with Crippen molar-refractivity contribution < 1.29 is 19.1 Å². The number of anilines is 1. The molecule has 1 fully saturated rings. The normalized spacial score (nSPS) is 15.5. The molecule has 0 bridgehead atoms. The maximum atomic E-state index is 12.0. The third-order valence-corrected chi connectivity index (χ3v) is 3.18. The van der Waals surface area contributed by atoms with E-state index in [2.05, 4.69) is 5.32 Å². The standard InChI is InChI=1S/C14H21N3O4/c1-9(7-20-2)16-13(18)8-21-14(19)12-5-10(15)6-17(12)11-3-4-11/h5-6,9,11H,3-4,7-8,15H2,1-2H3,(H,16,18). The molecule has 0 aromatic carbocycles. The van der Waals surface area contributed by atoms with E-state index in [0.29, 0.717) is 24.0 Å². The summed E-state index contributed by atoms with van der Waals surface area (Å²) in [5.41, 5.74) is 6.63. The lowest BCUT2D eigenvalue weighted by Gasteiger charge is -2.13. The van der Waals surface area contributed by atoms with Crippen molar-refractivity contribution in [2.24, 2.45) is 0 Å². The number of nitrogens with two attached hydrogens (primary N) is 1. The number of amides is 1. The van der Waals surface area contributed by atoms with E-state index in [1.165, 1.54) is 0 Å². The van der Waals surface area contributed by atoms with Crippen LogP contribution in [0.2, 0.25) is 0 Å². The summed E-state index contributed by atoms with van der Waals surface area (Å²) in [5, 5.41) is 2.67. The first-order chi connectivity index (χ1) is 10.0. The Kier molecular flexibility index (Phi) is 4.85. The summed E-state index contributed by atoms with van der Waals surface area (Å²) in [4.78, 5) is 23.6. The molecule has 1 aliphatic rings. The molecule has 1 heterocycles. The highest BCUT2D eigenvalue weighted by Gasteiger charge is 2.28. The van der Waals surface area contributed by atoms with Crippen molar-refractivity contribution in [3.63, 3.8) is 0 Å². The number of hydrogen-bond acceptors (Lipinski definition) is 5. The Balaban J connectivity index is 1.86. The third kappa shape index (κ3) is 4.22. The summed E-state index contributed by atoms with van der Waals surface area (Å²) in [6.07, 6.45) is 3.79. The zero-order valence-corrected chi connectivity index (χ0v) is 12.3. The van der Waals surface area contributed by atoms with E-state index in [-0.39, 0.29) is 18.6 Å². The fourth-order valence-corrected chi connectivity index (χ4v) is 2.13. The van der Waals surface area contributed by atoms with Crippen LogP contribution in [0.3, 0.4) is 0 Å². The Morgan fingerprint density at radius 2 is 2.24 bits per heavy atom. The lowest BCUT2D eigenvalue weighted by molar-refractivity contribution is -0.125. The summed E-state index contributed by atoms with van der Waals surface area (Å²) < 4.78 is 11.8. The predicted molar refractivity (Wildman–Crippen MR) is 76.9 cm³/mol. The first kappa shape index (κ1) is 15.4. The van der Waals surface area contributed by atoms with Crippen LogP contribution in [-0.4, -0.2) is 42.8 Å². The minimum absolute atomic E-state index is 0.132. The molecule has 1 aliphatic carbocycles. The van der Waals surface area contributed by atoms with Gasteiger partial charge in [0.2, 0.25) is 0 Å². The molecule has 3 N–H and O–H groups in total. The number of ether oxygens (including phenoxy) is 2. The quantitative estimate of drug-likeness (QED) is 0.722. The number of aromatic nitrogens is 1. The van der Waals surface area contributed by atoms with Gasteiger partial charge in [-0.25, -0.2) is 4.79 Å². The van der Waals surface area contributed by atoms with Crippen LogP contribution in [0.4, 0.5) is 5.69 Å². The monoisotopic (exact) mass is 295 g/mol.